The Hall–Kier alpha value is -1.20. The smallest absolute Gasteiger partial charge is 0.237 e. The summed E-state index contributed by atoms with van der Waals surface area (Å²) >= 11 is 1.68. The molecule has 0 aliphatic rings. The molecule has 17 heavy (non-hydrogen) atoms. The Balaban J connectivity index is 2.40. The Morgan fingerprint density at radius 2 is 2.12 bits per heavy atom. The highest BCUT2D eigenvalue weighted by Crippen LogP contribution is 2.10. The minimum absolute atomic E-state index is 0.132. The number of rotatable bonds is 6. The quantitative estimate of drug-likeness (QED) is 0.655. The zero-order chi connectivity index (χ0) is 12.7. The van der Waals surface area contributed by atoms with E-state index in [1.165, 1.54) is 0 Å². The third-order valence-electron chi connectivity index (χ3n) is 2.33. The predicted molar refractivity (Wildman–Crippen MR) is 71.2 cm³/mol. The van der Waals surface area contributed by atoms with Gasteiger partial charge in [-0.2, -0.15) is 11.8 Å². The maximum absolute atomic E-state index is 11.6. The molecule has 0 aliphatic carbocycles. The van der Waals surface area contributed by atoms with E-state index in [2.05, 4.69) is 5.32 Å². The first-order valence-electron chi connectivity index (χ1n) is 5.43. The van der Waals surface area contributed by atoms with Gasteiger partial charge in [0.2, 0.25) is 5.91 Å². The van der Waals surface area contributed by atoms with Crippen LogP contribution in [0.15, 0.2) is 24.3 Å². The molecule has 0 radical (unpaired) electrons. The second-order valence-electron chi connectivity index (χ2n) is 3.76. The number of nitrogens with one attached hydrogen (secondary N) is 1. The molecule has 1 rings (SSSR count). The van der Waals surface area contributed by atoms with Gasteiger partial charge in [-0.05, 0) is 30.4 Å². The Bertz CT molecular complexity index is 354. The lowest BCUT2D eigenvalue weighted by Crippen LogP contribution is -2.42. The summed E-state index contributed by atoms with van der Waals surface area (Å²) in [6.45, 7) is 0.642. The van der Waals surface area contributed by atoms with Crippen LogP contribution < -0.4 is 11.1 Å². The van der Waals surface area contributed by atoms with E-state index in [4.69, 9.17) is 10.8 Å². The summed E-state index contributed by atoms with van der Waals surface area (Å²) in [6, 6.07) is 6.18. The number of phenols is 1. The number of benzene rings is 1. The van der Waals surface area contributed by atoms with E-state index in [9.17, 15) is 4.79 Å². The summed E-state index contributed by atoms with van der Waals surface area (Å²) in [5, 5.41) is 11.9. The Labute approximate surface area is 106 Å². The molecule has 94 valence electrons. The maximum Gasteiger partial charge on any atom is 0.237 e. The van der Waals surface area contributed by atoms with E-state index in [0.29, 0.717) is 13.0 Å². The molecule has 0 bridgehead atoms. The fourth-order valence-electron chi connectivity index (χ4n) is 1.39. The van der Waals surface area contributed by atoms with E-state index in [1.54, 1.807) is 36.0 Å². The van der Waals surface area contributed by atoms with E-state index >= 15 is 0 Å². The van der Waals surface area contributed by atoms with Gasteiger partial charge in [-0.15, -0.1) is 0 Å². The molecular weight excluding hydrogens is 236 g/mol. The fourth-order valence-corrected chi connectivity index (χ4v) is 1.69. The van der Waals surface area contributed by atoms with Crippen LogP contribution in [0, 0.1) is 0 Å². The molecule has 1 atom stereocenters. The highest BCUT2D eigenvalue weighted by molar-refractivity contribution is 7.98. The van der Waals surface area contributed by atoms with Crippen molar-refractivity contribution in [1.29, 1.82) is 0 Å². The van der Waals surface area contributed by atoms with Crippen LogP contribution in [0.25, 0.3) is 0 Å². The van der Waals surface area contributed by atoms with Crippen LogP contribution >= 0.6 is 11.8 Å². The molecule has 5 heteroatoms. The number of carbonyl (C=O) groups excluding carboxylic acids is 1. The van der Waals surface area contributed by atoms with Gasteiger partial charge in [0.05, 0.1) is 6.04 Å². The standard InChI is InChI=1S/C12H18N2O2S/c1-17-7-6-14-12(16)11(13)8-9-2-4-10(15)5-3-9/h2-5,11,15H,6-8,13H2,1H3,(H,14,16). The van der Waals surface area contributed by atoms with E-state index in [-0.39, 0.29) is 11.7 Å². The van der Waals surface area contributed by atoms with Gasteiger partial charge in [0.25, 0.3) is 0 Å². The van der Waals surface area contributed by atoms with Crippen LogP contribution in [0.4, 0.5) is 0 Å². The molecule has 0 fully saturated rings. The fraction of sp³-hybridized carbons (Fsp3) is 0.417. The number of thioether (sulfide) groups is 1. The average Bonchev–Trinajstić information content (AvgIpc) is 2.32. The number of hydrogen-bond acceptors (Lipinski definition) is 4. The van der Waals surface area contributed by atoms with Crippen molar-refractivity contribution in [3.8, 4) is 5.75 Å². The number of carbonyl (C=O) groups is 1. The third kappa shape index (κ3) is 5.10. The first kappa shape index (κ1) is 13.9. The van der Waals surface area contributed by atoms with Gasteiger partial charge in [-0.3, -0.25) is 4.79 Å². The van der Waals surface area contributed by atoms with Gasteiger partial charge < -0.3 is 16.2 Å². The molecule has 0 saturated heterocycles. The molecule has 0 aromatic heterocycles. The Morgan fingerprint density at radius 1 is 1.47 bits per heavy atom. The Kier molecular flexibility index (Phi) is 5.86. The molecule has 1 aromatic rings. The molecule has 0 spiro atoms. The summed E-state index contributed by atoms with van der Waals surface area (Å²) in [5.74, 6) is 0.969. The van der Waals surface area contributed by atoms with E-state index < -0.39 is 6.04 Å². The minimum atomic E-state index is -0.540. The summed E-state index contributed by atoms with van der Waals surface area (Å²) < 4.78 is 0. The third-order valence-corrected chi connectivity index (χ3v) is 2.95. The first-order valence-corrected chi connectivity index (χ1v) is 6.83. The van der Waals surface area contributed by atoms with E-state index in [0.717, 1.165) is 11.3 Å². The lowest BCUT2D eigenvalue weighted by Gasteiger charge is -2.12. The van der Waals surface area contributed by atoms with Crippen LogP contribution in [0.2, 0.25) is 0 Å². The molecule has 1 amide bonds. The SMILES string of the molecule is CSCCNC(=O)C(N)Cc1ccc(O)cc1. The second-order valence-corrected chi connectivity index (χ2v) is 4.75. The molecular formula is C12H18N2O2S. The minimum Gasteiger partial charge on any atom is -0.508 e. The lowest BCUT2D eigenvalue weighted by atomic mass is 10.1. The largest absolute Gasteiger partial charge is 0.508 e. The van der Waals surface area contributed by atoms with Crippen molar-refractivity contribution in [3.05, 3.63) is 29.8 Å². The number of nitrogens with two attached hydrogens (primary N) is 1. The summed E-state index contributed by atoms with van der Waals surface area (Å²) in [5.41, 5.74) is 6.73. The van der Waals surface area contributed by atoms with Crippen molar-refractivity contribution < 1.29 is 9.90 Å². The van der Waals surface area contributed by atoms with Crippen LogP contribution in [0.1, 0.15) is 5.56 Å². The van der Waals surface area contributed by atoms with Gasteiger partial charge in [-0.1, -0.05) is 12.1 Å². The average molecular weight is 254 g/mol. The lowest BCUT2D eigenvalue weighted by molar-refractivity contribution is -0.122. The summed E-state index contributed by atoms with van der Waals surface area (Å²) in [4.78, 5) is 11.6. The van der Waals surface area contributed by atoms with Crippen LogP contribution in [-0.2, 0) is 11.2 Å². The number of amides is 1. The molecule has 1 aromatic carbocycles. The highest BCUT2D eigenvalue weighted by atomic mass is 32.2. The summed E-state index contributed by atoms with van der Waals surface area (Å²) in [7, 11) is 0. The number of phenolic OH excluding ortho intramolecular Hbond substituents is 1. The molecule has 0 saturated carbocycles. The normalized spacial score (nSPS) is 12.1. The zero-order valence-corrected chi connectivity index (χ0v) is 10.7. The first-order chi connectivity index (χ1) is 8.13. The molecule has 1 unspecified atom stereocenters. The van der Waals surface area contributed by atoms with Crippen molar-refractivity contribution in [3.63, 3.8) is 0 Å². The van der Waals surface area contributed by atoms with Crippen molar-refractivity contribution in [2.45, 2.75) is 12.5 Å². The second kappa shape index (κ2) is 7.19. The molecule has 4 nitrogen and oxygen atoms in total. The molecule has 4 N–H and O–H groups in total. The van der Waals surface area contributed by atoms with Crippen molar-refractivity contribution in [2.24, 2.45) is 5.73 Å². The van der Waals surface area contributed by atoms with Gasteiger partial charge in [0.1, 0.15) is 5.75 Å². The van der Waals surface area contributed by atoms with Crippen LogP contribution in [-0.4, -0.2) is 35.6 Å². The van der Waals surface area contributed by atoms with Crippen molar-refractivity contribution in [2.75, 3.05) is 18.6 Å². The van der Waals surface area contributed by atoms with Crippen LogP contribution in [0.5, 0.6) is 5.75 Å². The van der Waals surface area contributed by atoms with Gasteiger partial charge >= 0.3 is 0 Å². The van der Waals surface area contributed by atoms with Gasteiger partial charge in [0.15, 0.2) is 0 Å². The number of hydrogen-bond donors (Lipinski definition) is 3. The monoisotopic (exact) mass is 254 g/mol. The van der Waals surface area contributed by atoms with Crippen molar-refractivity contribution >= 4 is 17.7 Å². The van der Waals surface area contributed by atoms with Gasteiger partial charge in [0, 0.05) is 12.3 Å². The van der Waals surface area contributed by atoms with Gasteiger partial charge in [-0.25, -0.2) is 0 Å². The maximum atomic E-state index is 11.6. The predicted octanol–water partition coefficient (Wildman–Crippen LogP) is 0.741. The summed E-state index contributed by atoms with van der Waals surface area (Å²) in [6.07, 6.45) is 2.47. The topological polar surface area (TPSA) is 75.4 Å². The zero-order valence-electron chi connectivity index (χ0n) is 9.85. The molecule has 0 aliphatic heterocycles. The van der Waals surface area contributed by atoms with Crippen LogP contribution in [0.3, 0.4) is 0 Å². The Morgan fingerprint density at radius 3 is 2.71 bits per heavy atom. The molecule has 0 heterocycles. The highest BCUT2D eigenvalue weighted by Gasteiger charge is 2.13. The van der Waals surface area contributed by atoms with E-state index in [1.807, 2.05) is 6.26 Å². The number of aromatic hydroxyl groups is 1. The van der Waals surface area contributed by atoms with Crippen molar-refractivity contribution in [1.82, 2.24) is 5.32 Å².